The Morgan fingerprint density at radius 3 is 3.11 bits per heavy atom. The number of hydrogen-bond acceptors (Lipinski definition) is 1. The van der Waals surface area contributed by atoms with Crippen molar-refractivity contribution in [3.63, 3.8) is 0 Å². The van der Waals surface area contributed by atoms with Crippen LogP contribution in [-0.4, -0.2) is 13.2 Å². The fourth-order valence-electron chi connectivity index (χ4n) is 1.92. The van der Waals surface area contributed by atoms with E-state index in [0.29, 0.717) is 6.10 Å². The minimum atomic E-state index is 0.550. The normalized spacial score (nSPS) is 46.6. The van der Waals surface area contributed by atoms with Crippen molar-refractivity contribution in [1.82, 2.24) is 0 Å². The minimum Gasteiger partial charge on any atom is -0.381 e. The molecule has 0 aromatic heterocycles. The molecular formula is C8H12O. The zero-order chi connectivity index (χ0) is 6.27. The maximum Gasteiger partial charge on any atom is 0.0639 e. The standard InChI is InChI=1S/C8H12O/c1-9-8-5-6-3-2-4-7(6)8/h2,4,6-8H,3,5H2,1H3/t6-,7-,8-/m1/s1. The van der Waals surface area contributed by atoms with Crippen molar-refractivity contribution in [2.24, 2.45) is 11.8 Å². The Morgan fingerprint density at radius 1 is 1.56 bits per heavy atom. The van der Waals surface area contributed by atoms with Gasteiger partial charge in [0.05, 0.1) is 6.10 Å². The van der Waals surface area contributed by atoms with Gasteiger partial charge in [0.2, 0.25) is 0 Å². The van der Waals surface area contributed by atoms with Gasteiger partial charge in [0.15, 0.2) is 0 Å². The lowest BCUT2D eigenvalue weighted by Gasteiger charge is -2.38. The predicted octanol–water partition coefficient (Wildman–Crippen LogP) is 1.60. The first kappa shape index (κ1) is 5.48. The van der Waals surface area contributed by atoms with Crippen LogP contribution in [0.1, 0.15) is 12.8 Å². The third-order valence-electron chi connectivity index (χ3n) is 2.61. The van der Waals surface area contributed by atoms with Gasteiger partial charge in [-0.25, -0.2) is 0 Å². The van der Waals surface area contributed by atoms with Crippen LogP contribution in [-0.2, 0) is 4.74 Å². The molecule has 0 bridgehead atoms. The van der Waals surface area contributed by atoms with E-state index in [1.807, 2.05) is 7.11 Å². The molecule has 1 fully saturated rings. The summed E-state index contributed by atoms with van der Waals surface area (Å²) in [6.07, 6.45) is 7.73. The first-order valence-corrected chi connectivity index (χ1v) is 3.61. The van der Waals surface area contributed by atoms with Gasteiger partial charge in [0.25, 0.3) is 0 Å². The zero-order valence-corrected chi connectivity index (χ0v) is 5.71. The Bertz CT molecular complexity index is 140. The molecule has 0 amide bonds. The maximum atomic E-state index is 5.25. The summed E-state index contributed by atoms with van der Waals surface area (Å²) < 4.78 is 5.25. The van der Waals surface area contributed by atoms with Crippen LogP contribution < -0.4 is 0 Å². The highest BCUT2D eigenvalue weighted by Gasteiger charge is 2.40. The number of rotatable bonds is 1. The lowest BCUT2D eigenvalue weighted by Crippen LogP contribution is -2.38. The molecule has 0 saturated heterocycles. The Hall–Kier alpha value is -0.300. The molecule has 0 spiro atoms. The van der Waals surface area contributed by atoms with Gasteiger partial charge in [-0.3, -0.25) is 0 Å². The van der Waals surface area contributed by atoms with Crippen LogP contribution in [0.5, 0.6) is 0 Å². The van der Waals surface area contributed by atoms with E-state index in [1.54, 1.807) is 0 Å². The molecule has 0 radical (unpaired) electrons. The first-order chi connectivity index (χ1) is 4.42. The molecule has 0 heterocycles. The summed E-state index contributed by atoms with van der Waals surface area (Å²) >= 11 is 0. The van der Waals surface area contributed by atoms with Gasteiger partial charge >= 0.3 is 0 Å². The third kappa shape index (κ3) is 0.645. The van der Waals surface area contributed by atoms with Crippen LogP contribution in [0.15, 0.2) is 12.2 Å². The molecule has 3 atom stereocenters. The van der Waals surface area contributed by atoms with Crippen molar-refractivity contribution >= 4 is 0 Å². The van der Waals surface area contributed by atoms with Crippen molar-refractivity contribution in [2.75, 3.05) is 7.11 Å². The molecule has 0 unspecified atom stereocenters. The number of allylic oxidation sites excluding steroid dienone is 1. The fourth-order valence-corrected chi connectivity index (χ4v) is 1.92. The van der Waals surface area contributed by atoms with Gasteiger partial charge in [-0.15, -0.1) is 0 Å². The van der Waals surface area contributed by atoms with Gasteiger partial charge in [0, 0.05) is 13.0 Å². The fraction of sp³-hybridized carbons (Fsp3) is 0.750. The van der Waals surface area contributed by atoms with Crippen molar-refractivity contribution in [1.29, 1.82) is 0 Å². The van der Waals surface area contributed by atoms with Crippen LogP contribution in [0.2, 0.25) is 0 Å². The SMILES string of the molecule is CO[C@@H]1C[C@H]2CC=C[C@H]21. The van der Waals surface area contributed by atoms with Crippen molar-refractivity contribution < 1.29 is 4.74 Å². The second-order valence-electron chi connectivity index (χ2n) is 3.01. The minimum absolute atomic E-state index is 0.550. The van der Waals surface area contributed by atoms with E-state index in [2.05, 4.69) is 12.2 Å². The summed E-state index contributed by atoms with van der Waals surface area (Å²) in [6.45, 7) is 0. The van der Waals surface area contributed by atoms with Crippen molar-refractivity contribution in [3.8, 4) is 0 Å². The molecule has 50 valence electrons. The van der Waals surface area contributed by atoms with Crippen molar-refractivity contribution in [2.45, 2.75) is 18.9 Å². The number of ether oxygens (including phenoxy) is 1. The van der Waals surface area contributed by atoms with E-state index in [4.69, 9.17) is 4.74 Å². The average Bonchev–Trinajstić information content (AvgIpc) is 2.14. The van der Waals surface area contributed by atoms with Crippen LogP contribution >= 0.6 is 0 Å². The smallest absolute Gasteiger partial charge is 0.0639 e. The van der Waals surface area contributed by atoms with E-state index >= 15 is 0 Å². The second-order valence-corrected chi connectivity index (χ2v) is 3.01. The summed E-state index contributed by atoms with van der Waals surface area (Å²) in [5, 5.41) is 0. The van der Waals surface area contributed by atoms with Crippen LogP contribution in [0.25, 0.3) is 0 Å². The Kier molecular flexibility index (Phi) is 1.12. The summed E-state index contributed by atoms with van der Waals surface area (Å²) in [4.78, 5) is 0. The zero-order valence-electron chi connectivity index (χ0n) is 5.71. The largest absolute Gasteiger partial charge is 0.381 e. The van der Waals surface area contributed by atoms with E-state index in [0.717, 1.165) is 11.8 Å². The van der Waals surface area contributed by atoms with Crippen LogP contribution in [0, 0.1) is 11.8 Å². The monoisotopic (exact) mass is 124 g/mol. The molecule has 0 N–H and O–H groups in total. The Labute approximate surface area is 55.7 Å². The van der Waals surface area contributed by atoms with Gasteiger partial charge in [-0.1, -0.05) is 12.2 Å². The Morgan fingerprint density at radius 2 is 2.44 bits per heavy atom. The quantitative estimate of drug-likeness (QED) is 0.482. The molecule has 2 aliphatic rings. The van der Waals surface area contributed by atoms with Gasteiger partial charge < -0.3 is 4.74 Å². The molecule has 1 saturated carbocycles. The number of methoxy groups -OCH3 is 1. The summed E-state index contributed by atoms with van der Waals surface area (Å²) in [5.74, 6) is 1.71. The molecule has 9 heavy (non-hydrogen) atoms. The maximum absolute atomic E-state index is 5.25. The Balaban J connectivity index is 2.00. The second kappa shape index (κ2) is 1.84. The summed E-state index contributed by atoms with van der Waals surface area (Å²) in [5.41, 5.74) is 0. The highest BCUT2D eigenvalue weighted by Crippen LogP contribution is 2.43. The molecule has 2 aliphatic carbocycles. The lowest BCUT2D eigenvalue weighted by atomic mass is 9.73. The van der Waals surface area contributed by atoms with Crippen LogP contribution in [0.3, 0.4) is 0 Å². The highest BCUT2D eigenvalue weighted by molar-refractivity contribution is 5.10. The molecular weight excluding hydrogens is 112 g/mol. The lowest BCUT2D eigenvalue weighted by molar-refractivity contribution is -0.0332. The van der Waals surface area contributed by atoms with Crippen LogP contribution in [0.4, 0.5) is 0 Å². The molecule has 0 aliphatic heterocycles. The van der Waals surface area contributed by atoms with Crippen molar-refractivity contribution in [3.05, 3.63) is 12.2 Å². The van der Waals surface area contributed by atoms with E-state index < -0.39 is 0 Å². The summed E-state index contributed by atoms with van der Waals surface area (Å²) in [7, 11) is 1.81. The van der Waals surface area contributed by atoms with Gasteiger partial charge in [-0.2, -0.15) is 0 Å². The third-order valence-corrected chi connectivity index (χ3v) is 2.61. The van der Waals surface area contributed by atoms with Gasteiger partial charge in [0.1, 0.15) is 0 Å². The van der Waals surface area contributed by atoms with Gasteiger partial charge in [-0.05, 0) is 18.8 Å². The van der Waals surface area contributed by atoms with E-state index in [-0.39, 0.29) is 0 Å². The number of hydrogen-bond donors (Lipinski definition) is 0. The van der Waals surface area contributed by atoms with E-state index in [9.17, 15) is 0 Å². The molecule has 1 heteroatoms. The summed E-state index contributed by atoms with van der Waals surface area (Å²) in [6, 6.07) is 0. The molecule has 2 rings (SSSR count). The average molecular weight is 124 g/mol. The molecule has 0 aromatic rings. The van der Waals surface area contributed by atoms with E-state index in [1.165, 1.54) is 12.8 Å². The first-order valence-electron chi connectivity index (χ1n) is 3.61. The molecule has 0 aromatic carbocycles. The predicted molar refractivity (Wildman–Crippen MR) is 36.2 cm³/mol. The molecule has 1 nitrogen and oxygen atoms in total. The number of fused-ring (bicyclic) bond motifs is 1. The highest BCUT2D eigenvalue weighted by atomic mass is 16.5. The topological polar surface area (TPSA) is 9.23 Å².